The van der Waals surface area contributed by atoms with E-state index in [-0.39, 0.29) is 12.5 Å². The predicted molar refractivity (Wildman–Crippen MR) is 64.7 cm³/mol. The van der Waals surface area contributed by atoms with Crippen LogP contribution in [0.2, 0.25) is 0 Å². The summed E-state index contributed by atoms with van der Waals surface area (Å²) >= 11 is 0. The number of carbonyl (C=O) groups is 1. The fourth-order valence-corrected chi connectivity index (χ4v) is 1.26. The second kappa shape index (κ2) is 7.65. The SMILES string of the molecule is COC(=O)CNCc1ccc(OCCN)cc1. The lowest BCUT2D eigenvalue weighted by molar-refractivity contribution is -0.139. The van der Waals surface area contributed by atoms with Crippen LogP contribution >= 0.6 is 0 Å². The number of nitrogens with two attached hydrogens (primary N) is 1. The topological polar surface area (TPSA) is 73.6 Å². The minimum absolute atomic E-state index is 0.210. The van der Waals surface area contributed by atoms with Crippen molar-refractivity contribution in [2.75, 3.05) is 26.8 Å². The Balaban J connectivity index is 2.32. The Morgan fingerprint density at radius 2 is 2.06 bits per heavy atom. The van der Waals surface area contributed by atoms with Gasteiger partial charge < -0.3 is 20.5 Å². The lowest BCUT2D eigenvalue weighted by atomic mass is 10.2. The Hall–Kier alpha value is -1.59. The molecule has 17 heavy (non-hydrogen) atoms. The van der Waals surface area contributed by atoms with Crippen molar-refractivity contribution in [1.29, 1.82) is 0 Å². The molecule has 0 aliphatic rings. The van der Waals surface area contributed by atoms with Crippen molar-refractivity contribution in [1.82, 2.24) is 5.32 Å². The van der Waals surface area contributed by atoms with Crippen molar-refractivity contribution in [2.45, 2.75) is 6.54 Å². The van der Waals surface area contributed by atoms with Crippen LogP contribution in [0.1, 0.15) is 5.56 Å². The smallest absolute Gasteiger partial charge is 0.319 e. The maximum absolute atomic E-state index is 10.9. The molecule has 0 atom stereocenters. The van der Waals surface area contributed by atoms with Crippen LogP contribution in [-0.2, 0) is 16.1 Å². The van der Waals surface area contributed by atoms with E-state index in [1.54, 1.807) is 0 Å². The van der Waals surface area contributed by atoms with Gasteiger partial charge in [-0.2, -0.15) is 0 Å². The summed E-state index contributed by atoms with van der Waals surface area (Å²) in [7, 11) is 1.37. The number of benzene rings is 1. The Morgan fingerprint density at radius 3 is 2.65 bits per heavy atom. The Labute approximate surface area is 101 Å². The molecule has 5 heteroatoms. The molecule has 0 aromatic heterocycles. The summed E-state index contributed by atoms with van der Waals surface area (Å²) < 4.78 is 9.87. The Morgan fingerprint density at radius 1 is 1.35 bits per heavy atom. The molecule has 94 valence electrons. The number of rotatable bonds is 7. The van der Waals surface area contributed by atoms with Crippen LogP contribution in [0.25, 0.3) is 0 Å². The predicted octanol–water partition coefficient (Wildman–Crippen LogP) is 0.287. The van der Waals surface area contributed by atoms with E-state index >= 15 is 0 Å². The van der Waals surface area contributed by atoms with Crippen molar-refractivity contribution in [3.63, 3.8) is 0 Å². The van der Waals surface area contributed by atoms with E-state index in [1.807, 2.05) is 24.3 Å². The molecule has 0 bridgehead atoms. The van der Waals surface area contributed by atoms with Crippen LogP contribution in [0.3, 0.4) is 0 Å². The van der Waals surface area contributed by atoms with Crippen molar-refractivity contribution >= 4 is 5.97 Å². The van der Waals surface area contributed by atoms with Gasteiger partial charge in [0, 0.05) is 13.1 Å². The van der Waals surface area contributed by atoms with Gasteiger partial charge in [-0.15, -0.1) is 0 Å². The molecular formula is C12H18N2O3. The largest absolute Gasteiger partial charge is 0.492 e. The van der Waals surface area contributed by atoms with Crippen molar-refractivity contribution in [3.8, 4) is 5.75 Å². The van der Waals surface area contributed by atoms with Crippen LogP contribution in [0, 0.1) is 0 Å². The molecule has 0 radical (unpaired) electrons. The molecule has 1 rings (SSSR count). The highest BCUT2D eigenvalue weighted by molar-refractivity contribution is 5.71. The third-order valence-electron chi connectivity index (χ3n) is 2.14. The normalized spacial score (nSPS) is 10.0. The van der Waals surface area contributed by atoms with Crippen molar-refractivity contribution < 1.29 is 14.3 Å². The first-order valence-corrected chi connectivity index (χ1v) is 5.45. The molecule has 0 amide bonds. The molecule has 0 unspecified atom stereocenters. The first kappa shape index (κ1) is 13.5. The highest BCUT2D eigenvalue weighted by atomic mass is 16.5. The van der Waals surface area contributed by atoms with Gasteiger partial charge in [0.05, 0.1) is 13.7 Å². The van der Waals surface area contributed by atoms with Gasteiger partial charge in [-0.3, -0.25) is 4.79 Å². The van der Waals surface area contributed by atoms with E-state index in [9.17, 15) is 4.79 Å². The van der Waals surface area contributed by atoms with Gasteiger partial charge in [-0.05, 0) is 17.7 Å². The van der Waals surface area contributed by atoms with E-state index in [0.717, 1.165) is 11.3 Å². The number of methoxy groups -OCH3 is 1. The van der Waals surface area contributed by atoms with Gasteiger partial charge >= 0.3 is 5.97 Å². The zero-order valence-corrected chi connectivity index (χ0v) is 9.94. The van der Waals surface area contributed by atoms with E-state index in [2.05, 4.69) is 10.1 Å². The standard InChI is InChI=1S/C12H18N2O3/c1-16-12(15)9-14-8-10-2-4-11(5-3-10)17-7-6-13/h2-5,14H,6-9,13H2,1H3. The average Bonchev–Trinajstić information content (AvgIpc) is 2.37. The summed E-state index contributed by atoms with van der Waals surface area (Å²) in [5.41, 5.74) is 6.41. The minimum Gasteiger partial charge on any atom is -0.492 e. The molecule has 1 aromatic rings. The molecule has 0 aliphatic carbocycles. The van der Waals surface area contributed by atoms with Gasteiger partial charge in [0.2, 0.25) is 0 Å². The highest BCUT2D eigenvalue weighted by Crippen LogP contribution is 2.11. The number of carbonyl (C=O) groups excluding carboxylic acids is 1. The van der Waals surface area contributed by atoms with Crippen LogP contribution in [0.15, 0.2) is 24.3 Å². The summed E-state index contributed by atoms with van der Waals surface area (Å²) in [6.07, 6.45) is 0. The lowest BCUT2D eigenvalue weighted by Crippen LogP contribution is -2.23. The molecule has 0 heterocycles. The van der Waals surface area contributed by atoms with Gasteiger partial charge in [0.15, 0.2) is 0 Å². The molecular weight excluding hydrogens is 220 g/mol. The summed E-state index contributed by atoms with van der Waals surface area (Å²) in [4.78, 5) is 10.9. The van der Waals surface area contributed by atoms with E-state index in [0.29, 0.717) is 19.7 Å². The summed E-state index contributed by atoms with van der Waals surface area (Å²) in [6.45, 7) is 1.84. The van der Waals surface area contributed by atoms with Gasteiger partial charge in [0.1, 0.15) is 12.4 Å². The highest BCUT2D eigenvalue weighted by Gasteiger charge is 1.99. The molecule has 3 N–H and O–H groups in total. The number of ether oxygens (including phenoxy) is 2. The number of hydrogen-bond acceptors (Lipinski definition) is 5. The second-order valence-electron chi connectivity index (χ2n) is 3.46. The maximum atomic E-state index is 10.9. The lowest BCUT2D eigenvalue weighted by Gasteiger charge is -2.06. The summed E-state index contributed by atoms with van der Waals surface area (Å²) in [5.74, 6) is 0.528. The fraction of sp³-hybridized carbons (Fsp3) is 0.417. The van der Waals surface area contributed by atoms with Crippen molar-refractivity contribution in [2.24, 2.45) is 5.73 Å². The Kier molecular flexibility index (Phi) is 6.06. The van der Waals surface area contributed by atoms with Crippen molar-refractivity contribution in [3.05, 3.63) is 29.8 Å². The van der Waals surface area contributed by atoms with E-state index < -0.39 is 0 Å². The number of esters is 1. The van der Waals surface area contributed by atoms with Crippen LogP contribution in [0.5, 0.6) is 5.75 Å². The molecule has 5 nitrogen and oxygen atoms in total. The minimum atomic E-state index is -0.270. The van der Waals surface area contributed by atoms with Gasteiger partial charge in [0.25, 0.3) is 0 Å². The summed E-state index contributed by atoms with van der Waals surface area (Å²) in [5, 5.41) is 2.98. The van der Waals surface area contributed by atoms with E-state index in [1.165, 1.54) is 7.11 Å². The molecule has 0 saturated carbocycles. The summed E-state index contributed by atoms with van der Waals surface area (Å²) in [6, 6.07) is 7.64. The molecule has 0 fully saturated rings. The Bertz CT molecular complexity index is 338. The second-order valence-corrected chi connectivity index (χ2v) is 3.46. The van der Waals surface area contributed by atoms with E-state index in [4.69, 9.17) is 10.5 Å². The molecule has 0 saturated heterocycles. The average molecular weight is 238 g/mol. The fourth-order valence-electron chi connectivity index (χ4n) is 1.26. The van der Waals surface area contributed by atoms with Crippen LogP contribution in [-0.4, -0.2) is 32.8 Å². The first-order valence-electron chi connectivity index (χ1n) is 5.45. The number of hydrogen-bond donors (Lipinski definition) is 2. The zero-order chi connectivity index (χ0) is 12.5. The molecule has 0 spiro atoms. The first-order chi connectivity index (χ1) is 8.26. The zero-order valence-electron chi connectivity index (χ0n) is 9.94. The number of nitrogens with one attached hydrogen (secondary N) is 1. The van der Waals surface area contributed by atoms with Gasteiger partial charge in [-0.25, -0.2) is 0 Å². The van der Waals surface area contributed by atoms with Crippen LogP contribution in [0.4, 0.5) is 0 Å². The van der Waals surface area contributed by atoms with Gasteiger partial charge in [-0.1, -0.05) is 12.1 Å². The monoisotopic (exact) mass is 238 g/mol. The third-order valence-corrected chi connectivity index (χ3v) is 2.14. The quantitative estimate of drug-likeness (QED) is 0.668. The van der Waals surface area contributed by atoms with Crippen LogP contribution < -0.4 is 15.8 Å². The molecule has 1 aromatic carbocycles. The third kappa shape index (κ3) is 5.33. The molecule has 0 aliphatic heterocycles. The maximum Gasteiger partial charge on any atom is 0.319 e.